The van der Waals surface area contributed by atoms with Crippen LogP contribution in [0, 0.1) is 0 Å². The van der Waals surface area contributed by atoms with Gasteiger partial charge in [-0.3, -0.25) is 0 Å². The van der Waals surface area contributed by atoms with E-state index >= 15 is 0 Å². The highest BCUT2D eigenvalue weighted by Gasteiger charge is 2.11. The number of hydrogen-bond donors (Lipinski definition) is 0. The molecule has 0 aliphatic heterocycles. The minimum atomic E-state index is 0.0684. The molecule has 90 heavy (non-hydrogen) atoms. The van der Waals surface area contributed by atoms with Crippen molar-refractivity contribution in [3.63, 3.8) is 0 Å². The van der Waals surface area contributed by atoms with E-state index in [0.29, 0.717) is 34.5 Å². The van der Waals surface area contributed by atoms with Crippen LogP contribution < -0.4 is 28.4 Å². The third-order valence-electron chi connectivity index (χ3n) is 14.5. The highest BCUT2D eigenvalue weighted by atomic mass is 16.7. The van der Waals surface area contributed by atoms with Gasteiger partial charge in [0.05, 0.1) is 0 Å². The van der Waals surface area contributed by atoms with Crippen LogP contribution in [0.25, 0.3) is 97.0 Å². The Kier molecular flexibility index (Phi) is 22.6. The molecule has 0 heterocycles. The van der Waals surface area contributed by atoms with Crippen molar-refractivity contribution in [3.8, 4) is 34.5 Å². The molecule has 12 heteroatoms. The van der Waals surface area contributed by atoms with Crippen LogP contribution in [0.1, 0.15) is 0 Å². The Morgan fingerprint density at radius 3 is 0.389 bits per heavy atom. The van der Waals surface area contributed by atoms with Crippen molar-refractivity contribution in [1.82, 2.24) is 0 Å². The molecule has 13 rings (SSSR count). The van der Waals surface area contributed by atoms with Crippen LogP contribution in [0.4, 0.5) is 0 Å². The lowest BCUT2D eigenvalue weighted by Gasteiger charge is -2.11. The summed E-state index contributed by atoms with van der Waals surface area (Å²) in [6.45, 7) is 0.411. The van der Waals surface area contributed by atoms with Crippen molar-refractivity contribution in [2.75, 3.05) is 83.4 Å². The zero-order valence-corrected chi connectivity index (χ0v) is 51.4. The van der Waals surface area contributed by atoms with Gasteiger partial charge in [0.1, 0.15) is 34.5 Å². The van der Waals surface area contributed by atoms with Gasteiger partial charge in [0.2, 0.25) is 0 Å². The van der Waals surface area contributed by atoms with E-state index in [1.807, 2.05) is 72.8 Å². The van der Waals surface area contributed by atoms with Gasteiger partial charge in [-0.15, -0.1) is 0 Å². The third-order valence-corrected chi connectivity index (χ3v) is 14.5. The van der Waals surface area contributed by atoms with Gasteiger partial charge in [-0.2, -0.15) is 0 Å². The molecule has 0 spiro atoms. The van der Waals surface area contributed by atoms with E-state index < -0.39 is 0 Å². The topological polar surface area (TPSA) is 111 Å². The lowest BCUT2D eigenvalue weighted by atomic mass is 10.1. The molecule has 13 aromatic rings. The molecule has 0 N–H and O–H groups in total. The summed E-state index contributed by atoms with van der Waals surface area (Å²) in [4.78, 5) is 0. The number of methoxy groups -OCH3 is 6. The number of rotatable bonds is 18. The Hall–Kier alpha value is -10.0. The Morgan fingerprint density at radius 1 is 0.156 bits per heavy atom. The lowest BCUT2D eigenvalue weighted by molar-refractivity contribution is 0.0513. The van der Waals surface area contributed by atoms with Gasteiger partial charge in [0, 0.05) is 75.0 Å². The molecule has 0 saturated heterocycles. The van der Waals surface area contributed by atoms with Crippen molar-refractivity contribution >= 4 is 97.0 Å². The predicted molar refractivity (Wildman–Crippen MR) is 365 cm³/mol. The van der Waals surface area contributed by atoms with E-state index in [4.69, 9.17) is 56.8 Å². The second kappa shape index (κ2) is 32.3. The summed E-state index contributed by atoms with van der Waals surface area (Å²) >= 11 is 0. The maximum absolute atomic E-state index is 6.18. The summed E-state index contributed by atoms with van der Waals surface area (Å²) in [5, 5.41) is 17.0. The van der Waals surface area contributed by atoms with Crippen molar-refractivity contribution < 1.29 is 56.8 Å². The summed E-state index contributed by atoms with van der Waals surface area (Å²) in [5.74, 6) is 3.85. The first-order valence-electron chi connectivity index (χ1n) is 29.2. The van der Waals surface area contributed by atoms with Crippen molar-refractivity contribution in [3.05, 3.63) is 255 Å². The van der Waals surface area contributed by atoms with E-state index in [9.17, 15) is 0 Å². The molecule has 0 saturated carbocycles. The number of hydrogen-bond acceptors (Lipinski definition) is 12. The second-order valence-corrected chi connectivity index (χ2v) is 20.8. The zero-order valence-electron chi connectivity index (χ0n) is 51.4. The lowest BCUT2D eigenvalue weighted by Crippen LogP contribution is -2.00. The summed E-state index contributed by atoms with van der Waals surface area (Å²) < 4.78 is 69.3. The van der Waals surface area contributed by atoms with Gasteiger partial charge in [-0.25, -0.2) is 0 Å². The fourth-order valence-corrected chi connectivity index (χ4v) is 9.97. The van der Waals surface area contributed by atoms with E-state index in [1.165, 1.54) is 0 Å². The standard InChI is InChI=1S/C78H72O12/c1-79-49-85-73-37-31-61-25-19-55-7-9-57(10-8-55)21-27-63-33-39-75(87-51-81-3)69(45-63)71-47-65(35-41-77(71)89-53-83-5)29-23-59-15-17-60(18-16-59)24-30-66-36-42-78(90-54-84-6)72(48-66)70-46-64(34-40-76(70)88-52-82-4)28-22-58-13-11-56(12-14-58)20-26-62-32-38-74(86-50-80-2)68(44-62)67(73)43-61/h7-48H,49-54H2,1-6H3. The average molecular weight is 1200 g/mol. The monoisotopic (exact) mass is 1200 g/mol. The minimum Gasteiger partial charge on any atom is -0.467 e. The maximum atomic E-state index is 6.18. The Balaban J connectivity index is 1.17. The first kappa shape index (κ1) is 63.0. The number of benzene rings is 9. The van der Waals surface area contributed by atoms with E-state index in [2.05, 4.69) is 182 Å². The Morgan fingerprint density at radius 2 is 0.267 bits per heavy atom. The zero-order chi connectivity index (χ0) is 62.3. The maximum Gasteiger partial charge on any atom is 0.188 e. The Bertz CT molecular complexity index is 3810. The highest BCUT2D eigenvalue weighted by Crippen LogP contribution is 2.36. The third kappa shape index (κ3) is 17.2. The molecule has 0 radical (unpaired) electrons. The largest absolute Gasteiger partial charge is 0.467 e. The van der Waals surface area contributed by atoms with Crippen LogP contribution in [0.2, 0.25) is 0 Å². The van der Waals surface area contributed by atoms with Crippen LogP contribution in [-0.4, -0.2) is 83.4 Å². The average Bonchev–Trinajstić information content (AvgIpc) is 1.39. The molecule has 0 atom stereocenters. The molecule has 0 aromatic heterocycles. The van der Waals surface area contributed by atoms with E-state index in [-0.39, 0.29) is 40.8 Å². The predicted octanol–water partition coefficient (Wildman–Crippen LogP) is 18.7. The quantitative estimate of drug-likeness (QED) is 0.0763. The molecular formula is C78H72O12. The van der Waals surface area contributed by atoms with Crippen molar-refractivity contribution in [2.24, 2.45) is 0 Å². The first-order valence-corrected chi connectivity index (χ1v) is 29.2. The summed E-state index contributed by atoms with van der Waals surface area (Å²) in [5.41, 5.74) is 0. The van der Waals surface area contributed by atoms with Crippen LogP contribution >= 0.6 is 0 Å². The fraction of sp³-hybridized carbons (Fsp3) is 0.154. The van der Waals surface area contributed by atoms with Gasteiger partial charge in [0.15, 0.2) is 40.8 Å². The SMILES string of the molecule is COCOc1ccc2ccc3ccc(cc3)ccc3ccc(OCOC)c(c3)c3cc(ccc3OCOC)ccc3ccc(cc3)ccc3ccc(OCOC)c(c3)c3cc(ccc3OCOC)ccc3ccc(cc3)ccc3ccc(OCOC)c(c3)c1c2. The smallest absolute Gasteiger partial charge is 0.188 e. The summed E-state index contributed by atoms with van der Waals surface area (Å²) in [7, 11) is 9.63. The van der Waals surface area contributed by atoms with E-state index in [0.717, 1.165) is 97.0 Å². The van der Waals surface area contributed by atoms with Crippen LogP contribution in [-0.2, 0) is 28.4 Å². The van der Waals surface area contributed by atoms with Crippen LogP contribution in [0.5, 0.6) is 34.5 Å². The van der Waals surface area contributed by atoms with Gasteiger partial charge < -0.3 is 56.8 Å². The number of fused-ring (bicyclic) bond motifs is 3. The molecular weight excluding hydrogens is 1130 g/mol. The normalized spacial score (nSPS) is 10.9. The van der Waals surface area contributed by atoms with Crippen LogP contribution in [0.15, 0.2) is 255 Å². The molecule has 0 unspecified atom stereocenters. The van der Waals surface area contributed by atoms with Crippen molar-refractivity contribution in [1.29, 1.82) is 0 Å². The van der Waals surface area contributed by atoms with Crippen LogP contribution in [0.3, 0.4) is 0 Å². The molecule has 0 aliphatic carbocycles. The second-order valence-electron chi connectivity index (χ2n) is 20.8. The van der Waals surface area contributed by atoms with Gasteiger partial charge >= 0.3 is 0 Å². The molecule has 0 amide bonds. The van der Waals surface area contributed by atoms with Gasteiger partial charge in [-0.05, 0) is 137 Å². The minimum absolute atomic E-state index is 0.0684. The van der Waals surface area contributed by atoms with E-state index in [1.54, 1.807) is 42.7 Å². The fourth-order valence-electron chi connectivity index (χ4n) is 9.97. The summed E-state index contributed by atoms with van der Waals surface area (Å²) in [6, 6.07) is 86.8. The summed E-state index contributed by atoms with van der Waals surface area (Å²) in [6.07, 6.45) is 0. The molecule has 0 fully saturated rings. The molecule has 13 aromatic carbocycles. The van der Waals surface area contributed by atoms with Crippen molar-refractivity contribution in [2.45, 2.75) is 0 Å². The molecule has 18 bridgehead atoms. The molecule has 456 valence electrons. The highest BCUT2D eigenvalue weighted by molar-refractivity contribution is 5.99. The number of ether oxygens (including phenoxy) is 12. The Labute approximate surface area is 524 Å². The molecule has 12 nitrogen and oxygen atoms in total. The van der Waals surface area contributed by atoms with Gasteiger partial charge in [-0.1, -0.05) is 182 Å². The first-order chi connectivity index (χ1) is 44.3. The molecule has 0 aliphatic rings. The van der Waals surface area contributed by atoms with Gasteiger partial charge in [0.25, 0.3) is 0 Å².